The molecule has 1 aliphatic rings. The molecule has 0 unspecified atom stereocenters. The van der Waals surface area contributed by atoms with Gasteiger partial charge in [-0.2, -0.15) is 0 Å². The number of benzene rings is 1. The molecular formula is C23H29BN2O2. The third kappa shape index (κ3) is 2.97. The Balaban J connectivity index is 1.77. The summed E-state index contributed by atoms with van der Waals surface area (Å²) in [5, 5.41) is 1.11. The van der Waals surface area contributed by atoms with Gasteiger partial charge < -0.3 is 14.3 Å². The van der Waals surface area contributed by atoms with Crippen LogP contribution in [-0.4, -0.2) is 28.3 Å². The minimum Gasteiger partial charge on any atom is -0.399 e. The summed E-state index contributed by atoms with van der Waals surface area (Å²) in [5.41, 5.74) is 4.72. The van der Waals surface area contributed by atoms with Crippen LogP contribution in [0, 0.1) is 6.92 Å². The molecule has 3 heterocycles. The van der Waals surface area contributed by atoms with Crippen LogP contribution in [0.2, 0.25) is 0 Å². The lowest BCUT2D eigenvalue weighted by Gasteiger charge is -2.32. The first-order chi connectivity index (χ1) is 13.0. The third-order valence-electron chi connectivity index (χ3n) is 6.49. The molecular weight excluding hydrogens is 347 g/mol. The van der Waals surface area contributed by atoms with Crippen LogP contribution >= 0.6 is 0 Å². The molecule has 0 atom stereocenters. The van der Waals surface area contributed by atoms with Crippen molar-refractivity contribution in [3.8, 4) is 0 Å². The monoisotopic (exact) mass is 376 g/mol. The Labute approximate surface area is 167 Å². The van der Waals surface area contributed by atoms with Crippen LogP contribution in [0.4, 0.5) is 0 Å². The highest BCUT2D eigenvalue weighted by atomic mass is 16.7. The van der Waals surface area contributed by atoms with Crippen molar-refractivity contribution in [3.63, 3.8) is 0 Å². The summed E-state index contributed by atoms with van der Waals surface area (Å²) in [5.74, 6) is 0. The molecule has 2 aromatic heterocycles. The molecule has 0 bridgehead atoms. The number of hydrogen-bond acceptors (Lipinski definition) is 3. The van der Waals surface area contributed by atoms with E-state index in [0.717, 1.165) is 16.5 Å². The van der Waals surface area contributed by atoms with Crippen molar-refractivity contribution in [3.05, 3.63) is 59.4 Å². The van der Waals surface area contributed by atoms with Gasteiger partial charge in [-0.05, 0) is 51.8 Å². The summed E-state index contributed by atoms with van der Waals surface area (Å²) >= 11 is 0. The maximum atomic E-state index is 6.23. The third-order valence-corrected chi connectivity index (χ3v) is 6.49. The fourth-order valence-electron chi connectivity index (χ4n) is 3.83. The molecule has 0 amide bonds. The number of fused-ring (bicyclic) bond motifs is 1. The maximum absolute atomic E-state index is 6.23. The van der Waals surface area contributed by atoms with Gasteiger partial charge in [0.15, 0.2) is 0 Å². The van der Waals surface area contributed by atoms with E-state index in [1.807, 2.05) is 6.20 Å². The molecule has 0 radical (unpaired) electrons. The fourth-order valence-corrected chi connectivity index (χ4v) is 3.83. The average molecular weight is 376 g/mol. The topological polar surface area (TPSA) is 47.1 Å². The predicted molar refractivity (Wildman–Crippen MR) is 115 cm³/mol. The summed E-state index contributed by atoms with van der Waals surface area (Å²) in [6.45, 7) is 14.9. The summed E-state index contributed by atoms with van der Waals surface area (Å²) in [4.78, 5) is 7.99. The highest BCUT2D eigenvalue weighted by Crippen LogP contribution is 2.38. The Morgan fingerprint density at radius 2 is 1.71 bits per heavy atom. The van der Waals surface area contributed by atoms with Crippen LogP contribution < -0.4 is 5.46 Å². The van der Waals surface area contributed by atoms with E-state index in [1.165, 1.54) is 16.7 Å². The van der Waals surface area contributed by atoms with Gasteiger partial charge in [-0.25, -0.2) is 4.98 Å². The van der Waals surface area contributed by atoms with E-state index in [4.69, 9.17) is 9.31 Å². The number of nitrogens with one attached hydrogen (secondary N) is 1. The van der Waals surface area contributed by atoms with Crippen LogP contribution in [-0.2, 0) is 14.7 Å². The van der Waals surface area contributed by atoms with E-state index in [1.54, 1.807) is 0 Å². The van der Waals surface area contributed by atoms with Crippen molar-refractivity contribution in [1.82, 2.24) is 9.97 Å². The molecule has 0 spiro atoms. The summed E-state index contributed by atoms with van der Waals surface area (Å²) in [6, 6.07) is 10.9. The van der Waals surface area contributed by atoms with E-state index in [9.17, 15) is 0 Å². The maximum Gasteiger partial charge on any atom is 0.496 e. The minimum atomic E-state index is -0.410. The summed E-state index contributed by atoms with van der Waals surface area (Å²) < 4.78 is 12.5. The predicted octanol–water partition coefficient (Wildman–Crippen LogP) is 4.50. The standard InChI is InChI=1S/C23H29BN2O2/c1-15-9-8-10-16(11-15)21(2,3)19-14-26-20-18(19)12-17(13-25-20)24-27-22(4,5)23(6,7)28-24/h8-14H,1-7H3,(H,25,26). The molecule has 1 N–H and O–H groups in total. The first-order valence-electron chi connectivity index (χ1n) is 9.91. The highest BCUT2D eigenvalue weighted by molar-refractivity contribution is 6.62. The van der Waals surface area contributed by atoms with Crippen LogP contribution in [0.3, 0.4) is 0 Å². The van der Waals surface area contributed by atoms with E-state index < -0.39 is 7.12 Å². The van der Waals surface area contributed by atoms with Crippen molar-refractivity contribution >= 4 is 23.6 Å². The molecule has 0 saturated carbocycles. The van der Waals surface area contributed by atoms with Gasteiger partial charge in [-0.15, -0.1) is 0 Å². The van der Waals surface area contributed by atoms with Crippen molar-refractivity contribution in [2.45, 2.75) is 65.1 Å². The smallest absolute Gasteiger partial charge is 0.399 e. The first kappa shape index (κ1) is 19.2. The highest BCUT2D eigenvalue weighted by Gasteiger charge is 2.51. The molecule has 4 rings (SSSR count). The Hall–Kier alpha value is -2.11. The van der Waals surface area contributed by atoms with E-state index in [-0.39, 0.29) is 16.6 Å². The van der Waals surface area contributed by atoms with Crippen molar-refractivity contribution in [2.24, 2.45) is 0 Å². The largest absolute Gasteiger partial charge is 0.496 e. The zero-order chi connectivity index (χ0) is 20.3. The average Bonchev–Trinajstić information content (AvgIpc) is 3.13. The van der Waals surface area contributed by atoms with E-state index >= 15 is 0 Å². The molecule has 5 heteroatoms. The second-order valence-electron chi connectivity index (χ2n) is 9.45. The fraction of sp³-hybridized carbons (Fsp3) is 0.435. The number of rotatable bonds is 3. The number of aryl methyl sites for hydroxylation is 1. The quantitative estimate of drug-likeness (QED) is 0.685. The summed E-state index contributed by atoms with van der Waals surface area (Å²) in [6.07, 6.45) is 3.93. The number of H-pyrrole nitrogens is 1. The van der Waals surface area contributed by atoms with Gasteiger partial charge in [-0.3, -0.25) is 0 Å². The number of aromatic nitrogens is 2. The minimum absolute atomic E-state index is 0.152. The number of nitrogens with zero attached hydrogens (tertiary/aromatic N) is 1. The zero-order valence-electron chi connectivity index (χ0n) is 17.9. The lowest BCUT2D eigenvalue weighted by atomic mass is 9.76. The van der Waals surface area contributed by atoms with Crippen molar-refractivity contribution < 1.29 is 9.31 Å². The molecule has 3 aromatic rings. The molecule has 1 aromatic carbocycles. The molecule has 1 saturated heterocycles. The van der Waals surface area contributed by atoms with Crippen LogP contribution in [0.25, 0.3) is 11.0 Å². The molecule has 4 nitrogen and oxygen atoms in total. The first-order valence-corrected chi connectivity index (χ1v) is 9.91. The van der Waals surface area contributed by atoms with Crippen LogP contribution in [0.5, 0.6) is 0 Å². The van der Waals surface area contributed by atoms with E-state index in [0.29, 0.717) is 0 Å². The van der Waals surface area contributed by atoms with Gasteiger partial charge in [0, 0.05) is 28.7 Å². The number of hydrogen-bond donors (Lipinski definition) is 1. The number of aromatic amines is 1. The van der Waals surface area contributed by atoms with Gasteiger partial charge in [0.2, 0.25) is 0 Å². The SMILES string of the molecule is Cc1cccc(C(C)(C)c2c[nH]c3ncc(B4OC(C)(C)C(C)(C)O4)cc23)c1. The Kier molecular flexibility index (Phi) is 4.25. The molecule has 28 heavy (non-hydrogen) atoms. The number of pyridine rings is 1. The normalized spacial score (nSPS) is 18.8. The van der Waals surface area contributed by atoms with Gasteiger partial charge in [-0.1, -0.05) is 43.7 Å². The Morgan fingerprint density at radius 1 is 1.04 bits per heavy atom. The summed E-state index contributed by atoms with van der Waals surface area (Å²) in [7, 11) is -0.410. The molecule has 146 valence electrons. The van der Waals surface area contributed by atoms with Gasteiger partial charge in [0.05, 0.1) is 11.2 Å². The van der Waals surface area contributed by atoms with Crippen LogP contribution in [0.15, 0.2) is 42.7 Å². The van der Waals surface area contributed by atoms with Crippen LogP contribution in [0.1, 0.15) is 58.2 Å². The second-order valence-corrected chi connectivity index (χ2v) is 9.45. The molecule has 0 aliphatic carbocycles. The zero-order valence-corrected chi connectivity index (χ0v) is 17.9. The second kappa shape index (κ2) is 6.20. The lowest BCUT2D eigenvalue weighted by molar-refractivity contribution is 0.00578. The van der Waals surface area contributed by atoms with Crippen molar-refractivity contribution in [2.75, 3.05) is 0 Å². The molecule has 1 aliphatic heterocycles. The molecule has 1 fully saturated rings. The van der Waals surface area contributed by atoms with E-state index in [2.05, 4.69) is 95.0 Å². The van der Waals surface area contributed by atoms with Gasteiger partial charge >= 0.3 is 7.12 Å². The Bertz CT molecular complexity index is 1020. The van der Waals surface area contributed by atoms with Gasteiger partial charge in [0.25, 0.3) is 0 Å². The Morgan fingerprint density at radius 3 is 2.36 bits per heavy atom. The van der Waals surface area contributed by atoms with Gasteiger partial charge in [0.1, 0.15) is 5.65 Å². The van der Waals surface area contributed by atoms with Crippen molar-refractivity contribution in [1.29, 1.82) is 0 Å². The lowest BCUT2D eigenvalue weighted by Crippen LogP contribution is -2.41.